The molecule has 0 aliphatic rings. The Bertz CT molecular complexity index is 616. The summed E-state index contributed by atoms with van der Waals surface area (Å²) in [5, 5.41) is 10.9. The van der Waals surface area contributed by atoms with Crippen LogP contribution >= 0.6 is 27.5 Å². The minimum atomic E-state index is -0.761. The largest absolute Gasteiger partial charge is 0.496 e. The molecule has 0 saturated heterocycles. The molecule has 0 heterocycles. The van der Waals surface area contributed by atoms with Crippen molar-refractivity contribution >= 4 is 27.5 Å². The van der Waals surface area contributed by atoms with Crippen LogP contribution < -0.4 is 9.47 Å². The van der Waals surface area contributed by atoms with Gasteiger partial charge in [-0.2, -0.15) is 0 Å². The molecule has 0 aliphatic carbocycles. The first-order valence-electron chi connectivity index (χ1n) is 5.91. The van der Waals surface area contributed by atoms with Gasteiger partial charge < -0.3 is 14.6 Å². The summed E-state index contributed by atoms with van der Waals surface area (Å²) in [6.07, 6.45) is -0.761. The van der Waals surface area contributed by atoms with Crippen LogP contribution in [-0.4, -0.2) is 19.3 Å². The maximum Gasteiger partial charge on any atom is 0.137 e. The zero-order valence-electron chi connectivity index (χ0n) is 11.1. The number of methoxy groups -OCH3 is 2. The average molecular weight is 358 g/mol. The number of aliphatic hydroxyl groups excluding tert-OH is 1. The maximum absolute atomic E-state index is 10.4. The second-order valence-corrected chi connectivity index (χ2v) is 5.45. The maximum atomic E-state index is 10.4. The summed E-state index contributed by atoms with van der Waals surface area (Å²) in [6.45, 7) is 0. The lowest BCUT2D eigenvalue weighted by molar-refractivity contribution is 0.219. The van der Waals surface area contributed by atoms with Crippen LogP contribution in [0.15, 0.2) is 40.9 Å². The van der Waals surface area contributed by atoms with Crippen molar-refractivity contribution < 1.29 is 14.6 Å². The van der Waals surface area contributed by atoms with E-state index in [1.54, 1.807) is 38.5 Å². The Morgan fingerprint density at radius 2 is 1.60 bits per heavy atom. The Balaban J connectivity index is 2.35. The number of halogens is 2. The highest BCUT2D eigenvalue weighted by atomic mass is 79.9. The molecule has 0 saturated carbocycles. The van der Waals surface area contributed by atoms with Crippen molar-refractivity contribution in [2.75, 3.05) is 14.2 Å². The normalized spacial score (nSPS) is 12.1. The third kappa shape index (κ3) is 3.08. The first-order chi connectivity index (χ1) is 9.56. The van der Waals surface area contributed by atoms with E-state index in [0.29, 0.717) is 16.3 Å². The summed E-state index contributed by atoms with van der Waals surface area (Å²) in [6, 6.07) is 10.6. The number of ether oxygens (including phenoxy) is 2. The smallest absolute Gasteiger partial charge is 0.137 e. The second-order valence-electron chi connectivity index (χ2n) is 4.19. The van der Waals surface area contributed by atoms with Crippen LogP contribution in [0.3, 0.4) is 0 Å². The molecule has 5 heteroatoms. The van der Waals surface area contributed by atoms with Crippen molar-refractivity contribution in [2.45, 2.75) is 6.10 Å². The van der Waals surface area contributed by atoms with Crippen LogP contribution in [0.1, 0.15) is 17.2 Å². The van der Waals surface area contributed by atoms with Gasteiger partial charge in [-0.15, -0.1) is 0 Å². The zero-order valence-corrected chi connectivity index (χ0v) is 13.4. The van der Waals surface area contributed by atoms with E-state index in [1.165, 1.54) is 0 Å². The van der Waals surface area contributed by atoms with Crippen LogP contribution in [0.5, 0.6) is 11.5 Å². The summed E-state index contributed by atoms with van der Waals surface area (Å²) >= 11 is 9.39. The highest BCUT2D eigenvalue weighted by Crippen LogP contribution is 2.33. The van der Waals surface area contributed by atoms with Gasteiger partial charge in [0, 0.05) is 0 Å². The van der Waals surface area contributed by atoms with Gasteiger partial charge in [-0.05, 0) is 51.3 Å². The van der Waals surface area contributed by atoms with E-state index in [2.05, 4.69) is 15.9 Å². The quantitative estimate of drug-likeness (QED) is 0.891. The summed E-state index contributed by atoms with van der Waals surface area (Å²) in [7, 11) is 3.14. The molecule has 2 aromatic rings. The molecule has 0 aliphatic heterocycles. The van der Waals surface area contributed by atoms with E-state index < -0.39 is 6.10 Å². The van der Waals surface area contributed by atoms with Crippen LogP contribution in [0.2, 0.25) is 5.02 Å². The fourth-order valence-electron chi connectivity index (χ4n) is 1.89. The minimum Gasteiger partial charge on any atom is -0.496 e. The fraction of sp³-hybridized carbons (Fsp3) is 0.200. The minimum absolute atomic E-state index is 0.513. The molecular formula is C15H14BrClO3. The molecule has 1 atom stereocenters. The Labute approximate surface area is 131 Å². The van der Waals surface area contributed by atoms with Gasteiger partial charge in [0.2, 0.25) is 0 Å². The number of hydrogen-bond acceptors (Lipinski definition) is 3. The highest BCUT2D eigenvalue weighted by Gasteiger charge is 2.14. The summed E-state index contributed by atoms with van der Waals surface area (Å²) < 4.78 is 11.1. The number of aliphatic hydroxyl groups is 1. The van der Waals surface area contributed by atoms with E-state index in [-0.39, 0.29) is 0 Å². The number of benzene rings is 2. The summed E-state index contributed by atoms with van der Waals surface area (Å²) in [5.41, 5.74) is 1.46. The van der Waals surface area contributed by atoms with Gasteiger partial charge >= 0.3 is 0 Å². The van der Waals surface area contributed by atoms with Crippen molar-refractivity contribution in [1.29, 1.82) is 0 Å². The van der Waals surface area contributed by atoms with Crippen molar-refractivity contribution in [3.8, 4) is 11.5 Å². The van der Waals surface area contributed by atoms with Crippen LogP contribution in [0.4, 0.5) is 0 Å². The lowest BCUT2D eigenvalue weighted by atomic mass is 10.0. The Kier molecular flexibility index (Phi) is 4.91. The third-order valence-corrected chi connectivity index (χ3v) is 3.91. The van der Waals surface area contributed by atoms with Crippen molar-refractivity contribution in [3.63, 3.8) is 0 Å². The zero-order chi connectivity index (χ0) is 14.7. The van der Waals surface area contributed by atoms with Crippen molar-refractivity contribution in [2.24, 2.45) is 0 Å². The predicted octanol–water partition coefficient (Wildman–Crippen LogP) is 4.20. The molecular weight excluding hydrogens is 344 g/mol. The van der Waals surface area contributed by atoms with Gasteiger partial charge in [-0.3, -0.25) is 0 Å². The molecule has 2 rings (SSSR count). The first-order valence-corrected chi connectivity index (χ1v) is 7.09. The SMILES string of the molecule is COc1cc(C(O)c2ccc(OC)c(Br)c2)ccc1Cl. The second kappa shape index (κ2) is 6.48. The molecule has 0 bridgehead atoms. The fourth-order valence-corrected chi connectivity index (χ4v) is 2.64. The molecule has 1 unspecified atom stereocenters. The van der Waals surface area contributed by atoms with Gasteiger partial charge in [0.05, 0.1) is 23.7 Å². The van der Waals surface area contributed by atoms with E-state index >= 15 is 0 Å². The number of rotatable bonds is 4. The van der Waals surface area contributed by atoms with E-state index in [1.807, 2.05) is 12.1 Å². The Morgan fingerprint density at radius 1 is 1.00 bits per heavy atom. The lowest BCUT2D eigenvalue weighted by Gasteiger charge is -2.14. The van der Waals surface area contributed by atoms with Gasteiger partial charge in [-0.1, -0.05) is 23.7 Å². The highest BCUT2D eigenvalue weighted by molar-refractivity contribution is 9.10. The van der Waals surface area contributed by atoms with Gasteiger partial charge in [0.1, 0.15) is 17.6 Å². The molecule has 20 heavy (non-hydrogen) atoms. The third-order valence-electron chi connectivity index (χ3n) is 2.98. The van der Waals surface area contributed by atoms with Crippen molar-refractivity contribution in [1.82, 2.24) is 0 Å². The molecule has 3 nitrogen and oxygen atoms in total. The van der Waals surface area contributed by atoms with Crippen LogP contribution in [0.25, 0.3) is 0 Å². The standard InChI is InChI=1S/C15H14BrClO3/c1-19-13-6-4-9(7-11(13)16)15(18)10-3-5-12(17)14(8-10)20-2/h3-8,15,18H,1-2H3. The van der Waals surface area contributed by atoms with Gasteiger partial charge in [-0.25, -0.2) is 0 Å². The Hall–Kier alpha value is -1.23. The molecule has 0 amide bonds. The average Bonchev–Trinajstić information content (AvgIpc) is 2.47. The monoisotopic (exact) mass is 356 g/mol. The first kappa shape index (κ1) is 15.2. The molecule has 0 aromatic heterocycles. The van der Waals surface area contributed by atoms with Gasteiger partial charge in [0.15, 0.2) is 0 Å². The van der Waals surface area contributed by atoms with E-state index in [4.69, 9.17) is 21.1 Å². The molecule has 0 fully saturated rings. The molecule has 0 radical (unpaired) electrons. The summed E-state index contributed by atoms with van der Waals surface area (Å²) in [5.74, 6) is 1.26. The predicted molar refractivity (Wildman–Crippen MR) is 82.8 cm³/mol. The van der Waals surface area contributed by atoms with E-state index in [0.717, 1.165) is 15.8 Å². The van der Waals surface area contributed by atoms with E-state index in [9.17, 15) is 5.11 Å². The molecule has 2 aromatic carbocycles. The molecule has 106 valence electrons. The summed E-state index contributed by atoms with van der Waals surface area (Å²) in [4.78, 5) is 0. The molecule has 1 N–H and O–H groups in total. The van der Waals surface area contributed by atoms with Crippen molar-refractivity contribution in [3.05, 3.63) is 57.0 Å². The topological polar surface area (TPSA) is 38.7 Å². The number of hydrogen-bond donors (Lipinski definition) is 1. The van der Waals surface area contributed by atoms with Crippen LogP contribution in [0, 0.1) is 0 Å². The lowest BCUT2D eigenvalue weighted by Crippen LogP contribution is -2.01. The Morgan fingerprint density at radius 3 is 2.20 bits per heavy atom. The van der Waals surface area contributed by atoms with Gasteiger partial charge in [0.25, 0.3) is 0 Å². The van der Waals surface area contributed by atoms with Crippen LogP contribution in [-0.2, 0) is 0 Å². The molecule has 0 spiro atoms.